The van der Waals surface area contributed by atoms with Gasteiger partial charge < -0.3 is 4.90 Å². The topological polar surface area (TPSA) is 23.6 Å². The Hall–Kier alpha value is -0.280. The number of piperazine rings is 1. The maximum Gasteiger partial charge on any atom is 0.209 e. The van der Waals surface area contributed by atoms with Gasteiger partial charge in [-0.3, -0.25) is 9.69 Å². The molecule has 0 unspecified atom stereocenters. The van der Waals surface area contributed by atoms with E-state index in [-0.39, 0.29) is 12.4 Å². The molecule has 0 radical (unpaired) electrons. The summed E-state index contributed by atoms with van der Waals surface area (Å²) in [5, 5.41) is 0. The third-order valence-electron chi connectivity index (χ3n) is 2.38. The fraction of sp³-hybridized carbons (Fsp3) is 0.889. The SMILES string of the molecule is CCCCN1CCN(C=O)CC1.Cl. The highest BCUT2D eigenvalue weighted by molar-refractivity contribution is 5.85. The molecule has 4 heteroatoms. The zero-order valence-electron chi connectivity index (χ0n) is 8.24. The van der Waals surface area contributed by atoms with Gasteiger partial charge in [0.25, 0.3) is 0 Å². The molecule has 1 fully saturated rings. The largest absolute Gasteiger partial charge is 0.343 e. The second-order valence-electron chi connectivity index (χ2n) is 3.34. The Morgan fingerprint density at radius 2 is 1.85 bits per heavy atom. The number of hydrogen-bond acceptors (Lipinski definition) is 2. The van der Waals surface area contributed by atoms with Crippen molar-refractivity contribution in [2.24, 2.45) is 0 Å². The maximum absolute atomic E-state index is 10.4. The number of carbonyl (C=O) groups is 1. The molecule has 0 aromatic carbocycles. The van der Waals surface area contributed by atoms with Crippen LogP contribution in [0.3, 0.4) is 0 Å². The van der Waals surface area contributed by atoms with Gasteiger partial charge >= 0.3 is 0 Å². The van der Waals surface area contributed by atoms with E-state index in [0.29, 0.717) is 0 Å². The predicted molar refractivity (Wildman–Crippen MR) is 56.2 cm³/mol. The monoisotopic (exact) mass is 206 g/mol. The van der Waals surface area contributed by atoms with E-state index in [2.05, 4.69) is 11.8 Å². The summed E-state index contributed by atoms with van der Waals surface area (Å²) in [6, 6.07) is 0. The standard InChI is InChI=1S/C9H18N2O.ClH/c1-2-3-4-10-5-7-11(9-12)8-6-10;/h9H,2-8H2,1H3;1H. The number of halogens is 1. The van der Waals surface area contributed by atoms with Crippen LogP contribution in [0, 0.1) is 0 Å². The van der Waals surface area contributed by atoms with Crippen LogP contribution in [0.4, 0.5) is 0 Å². The third kappa shape index (κ3) is 4.48. The molecule has 3 nitrogen and oxygen atoms in total. The number of unbranched alkanes of at least 4 members (excludes halogenated alkanes) is 1. The van der Waals surface area contributed by atoms with Crippen molar-refractivity contribution in [3.05, 3.63) is 0 Å². The third-order valence-corrected chi connectivity index (χ3v) is 2.38. The predicted octanol–water partition coefficient (Wildman–Crippen LogP) is 0.982. The van der Waals surface area contributed by atoms with Gasteiger partial charge in [0.1, 0.15) is 0 Å². The van der Waals surface area contributed by atoms with Crippen molar-refractivity contribution >= 4 is 18.8 Å². The number of hydrogen-bond donors (Lipinski definition) is 0. The average molecular weight is 207 g/mol. The van der Waals surface area contributed by atoms with Gasteiger partial charge in [0.05, 0.1) is 0 Å². The first-order chi connectivity index (χ1) is 5.86. The van der Waals surface area contributed by atoms with E-state index in [1.165, 1.54) is 19.4 Å². The molecule has 1 rings (SSSR count). The van der Waals surface area contributed by atoms with Crippen LogP contribution < -0.4 is 0 Å². The second kappa shape index (κ2) is 7.15. The molecular weight excluding hydrogens is 188 g/mol. The van der Waals surface area contributed by atoms with Crippen LogP contribution in [0.5, 0.6) is 0 Å². The summed E-state index contributed by atoms with van der Waals surface area (Å²) < 4.78 is 0. The Morgan fingerprint density at radius 1 is 1.23 bits per heavy atom. The summed E-state index contributed by atoms with van der Waals surface area (Å²) >= 11 is 0. The summed E-state index contributed by atoms with van der Waals surface area (Å²) in [7, 11) is 0. The van der Waals surface area contributed by atoms with Gasteiger partial charge in [-0.2, -0.15) is 0 Å². The minimum absolute atomic E-state index is 0. The van der Waals surface area contributed by atoms with Gasteiger partial charge in [0.2, 0.25) is 6.41 Å². The van der Waals surface area contributed by atoms with E-state index in [1.807, 2.05) is 4.90 Å². The van der Waals surface area contributed by atoms with Crippen LogP contribution in [0.2, 0.25) is 0 Å². The molecule has 1 aliphatic heterocycles. The lowest BCUT2D eigenvalue weighted by atomic mass is 10.3. The van der Waals surface area contributed by atoms with Crippen LogP contribution in [0.25, 0.3) is 0 Å². The van der Waals surface area contributed by atoms with Gasteiger partial charge in [-0.1, -0.05) is 13.3 Å². The first-order valence-electron chi connectivity index (χ1n) is 4.78. The van der Waals surface area contributed by atoms with E-state index in [1.54, 1.807) is 0 Å². The van der Waals surface area contributed by atoms with E-state index in [4.69, 9.17) is 0 Å². The molecule has 0 aromatic rings. The smallest absolute Gasteiger partial charge is 0.209 e. The highest BCUT2D eigenvalue weighted by Gasteiger charge is 2.13. The molecule has 0 saturated carbocycles. The van der Waals surface area contributed by atoms with Crippen LogP contribution in [0.15, 0.2) is 0 Å². The second-order valence-corrected chi connectivity index (χ2v) is 3.34. The average Bonchev–Trinajstić information content (AvgIpc) is 2.15. The van der Waals surface area contributed by atoms with Crippen LogP contribution in [-0.2, 0) is 4.79 Å². The number of amides is 1. The zero-order valence-corrected chi connectivity index (χ0v) is 9.05. The molecule has 1 saturated heterocycles. The molecule has 78 valence electrons. The molecule has 1 amide bonds. The van der Waals surface area contributed by atoms with Crippen molar-refractivity contribution in [2.45, 2.75) is 19.8 Å². The van der Waals surface area contributed by atoms with Gasteiger partial charge in [-0.25, -0.2) is 0 Å². The zero-order chi connectivity index (χ0) is 8.81. The van der Waals surface area contributed by atoms with Crippen molar-refractivity contribution in [1.82, 2.24) is 9.80 Å². The molecular formula is C9H19ClN2O. The molecule has 1 aliphatic rings. The van der Waals surface area contributed by atoms with E-state index < -0.39 is 0 Å². The quantitative estimate of drug-likeness (QED) is 0.641. The Kier molecular flexibility index (Phi) is 7.00. The highest BCUT2D eigenvalue weighted by Crippen LogP contribution is 2.01. The van der Waals surface area contributed by atoms with Crippen molar-refractivity contribution in [3.8, 4) is 0 Å². The maximum atomic E-state index is 10.4. The summed E-state index contributed by atoms with van der Waals surface area (Å²) in [4.78, 5) is 14.7. The van der Waals surface area contributed by atoms with Gasteiger partial charge in [-0.05, 0) is 13.0 Å². The number of carbonyl (C=O) groups excluding carboxylic acids is 1. The van der Waals surface area contributed by atoms with Gasteiger partial charge in [0.15, 0.2) is 0 Å². The van der Waals surface area contributed by atoms with E-state index >= 15 is 0 Å². The van der Waals surface area contributed by atoms with E-state index in [9.17, 15) is 4.79 Å². The summed E-state index contributed by atoms with van der Waals surface area (Å²) in [6.07, 6.45) is 3.49. The fourth-order valence-electron chi connectivity index (χ4n) is 1.47. The lowest BCUT2D eigenvalue weighted by Gasteiger charge is -2.32. The summed E-state index contributed by atoms with van der Waals surface area (Å²) in [5.41, 5.74) is 0. The molecule has 0 atom stereocenters. The highest BCUT2D eigenvalue weighted by atomic mass is 35.5. The minimum Gasteiger partial charge on any atom is -0.343 e. The Balaban J connectivity index is 0.00000144. The summed E-state index contributed by atoms with van der Waals surface area (Å²) in [6.45, 7) is 7.34. The normalized spacial score (nSPS) is 18.1. The van der Waals surface area contributed by atoms with Crippen LogP contribution >= 0.6 is 12.4 Å². The molecule has 0 aliphatic carbocycles. The Morgan fingerprint density at radius 3 is 2.31 bits per heavy atom. The fourth-order valence-corrected chi connectivity index (χ4v) is 1.47. The van der Waals surface area contributed by atoms with Crippen molar-refractivity contribution < 1.29 is 4.79 Å². The Labute approximate surface area is 86.5 Å². The van der Waals surface area contributed by atoms with Crippen molar-refractivity contribution in [3.63, 3.8) is 0 Å². The van der Waals surface area contributed by atoms with Crippen LogP contribution in [-0.4, -0.2) is 48.9 Å². The molecule has 13 heavy (non-hydrogen) atoms. The summed E-state index contributed by atoms with van der Waals surface area (Å²) in [5.74, 6) is 0. The van der Waals surface area contributed by atoms with Gasteiger partial charge in [-0.15, -0.1) is 12.4 Å². The minimum atomic E-state index is 0. The molecule has 1 heterocycles. The lowest BCUT2D eigenvalue weighted by Crippen LogP contribution is -2.45. The molecule has 0 aromatic heterocycles. The molecule has 0 N–H and O–H groups in total. The molecule has 0 spiro atoms. The number of nitrogens with zero attached hydrogens (tertiary/aromatic N) is 2. The van der Waals surface area contributed by atoms with E-state index in [0.717, 1.165) is 32.6 Å². The first kappa shape index (κ1) is 12.7. The van der Waals surface area contributed by atoms with Crippen molar-refractivity contribution in [2.75, 3.05) is 32.7 Å². The van der Waals surface area contributed by atoms with Gasteiger partial charge in [0, 0.05) is 26.2 Å². The lowest BCUT2D eigenvalue weighted by molar-refractivity contribution is -0.119. The first-order valence-corrected chi connectivity index (χ1v) is 4.78. The van der Waals surface area contributed by atoms with Crippen molar-refractivity contribution in [1.29, 1.82) is 0 Å². The molecule has 0 bridgehead atoms. The Bertz CT molecular complexity index is 136. The van der Waals surface area contributed by atoms with Crippen LogP contribution in [0.1, 0.15) is 19.8 Å². The number of rotatable bonds is 4.